The molecule has 1 saturated heterocycles. The summed E-state index contributed by atoms with van der Waals surface area (Å²) in [6, 6.07) is 6.75. The highest BCUT2D eigenvalue weighted by atomic mass is 32.2. The average Bonchev–Trinajstić information content (AvgIpc) is 2.59. The molecule has 25 heavy (non-hydrogen) atoms. The zero-order valence-corrected chi connectivity index (χ0v) is 15.2. The van der Waals surface area contributed by atoms with Crippen LogP contribution in [0.3, 0.4) is 0 Å². The van der Waals surface area contributed by atoms with Crippen molar-refractivity contribution in [3.63, 3.8) is 0 Å². The first kappa shape index (κ1) is 19.2. The number of hydrogen-bond acceptors (Lipinski definition) is 4. The summed E-state index contributed by atoms with van der Waals surface area (Å²) in [7, 11) is -3.56. The molecule has 2 rings (SSSR count). The molecule has 138 valence electrons. The van der Waals surface area contributed by atoms with Gasteiger partial charge < -0.3 is 16.0 Å². The molecule has 0 aliphatic carbocycles. The van der Waals surface area contributed by atoms with E-state index in [9.17, 15) is 18.0 Å². The predicted octanol–water partition coefficient (Wildman–Crippen LogP) is 0.212. The van der Waals surface area contributed by atoms with Gasteiger partial charge in [0.2, 0.25) is 15.9 Å². The predicted molar refractivity (Wildman–Crippen MR) is 93.1 cm³/mol. The highest BCUT2D eigenvalue weighted by Crippen LogP contribution is 2.18. The number of hydrogen-bond donors (Lipinski definition) is 2. The van der Waals surface area contributed by atoms with E-state index < -0.39 is 22.1 Å². The van der Waals surface area contributed by atoms with Gasteiger partial charge in [0.15, 0.2) is 0 Å². The van der Waals surface area contributed by atoms with Gasteiger partial charge in [-0.25, -0.2) is 13.2 Å². The Bertz CT molecular complexity index is 713. The summed E-state index contributed by atoms with van der Waals surface area (Å²) in [5.74, 6) is -0.364. The Labute approximate surface area is 148 Å². The largest absolute Gasteiger partial charge is 0.352 e. The number of carbonyl (C=O) groups excluding carboxylic acids is 2. The van der Waals surface area contributed by atoms with Crippen molar-refractivity contribution in [2.75, 3.05) is 26.2 Å². The Morgan fingerprint density at radius 3 is 2.12 bits per heavy atom. The monoisotopic (exact) mass is 368 g/mol. The van der Waals surface area contributed by atoms with Gasteiger partial charge in [0.25, 0.3) is 0 Å². The van der Waals surface area contributed by atoms with Crippen LogP contribution in [-0.2, 0) is 14.8 Å². The lowest BCUT2D eigenvalue weighted by molar-refractivity contribution is -0.135. The van der Waals surface area contributed by atoms with Crippen LogP contribution in [0.4, 0.5) is 4.79 Å². The summed E-state index contributed by atoms with van der Waals surface area (Å²) in [5, 5.41) is 2.46. The van der Waals surface area contributed by atoms with E-state index in [0.717, 1.165) is 0 Å². The van der Waals surface area contributed by atoms with Gasteiger partial charge in [-0.1, -0.05) is 32.0 Å². The lowest BCUT2D eigenvalue weighted by Crippen LogP contribution is -2.57. The smallest absolute Gasteiger partial charge is 0.312 e. The zero-order valence-electron chi connectivity index (χ0n) is 14.4. The van der Waals surface area contributed by atoms with Crippen molar-refractivity contribution < 1.29 is 18.0 Å². The summed E-state index contributed by atoms with van der Waals surface area (Å²) in [5.41, 5.74) is 5.13. The molecule has 0 radical (unpaired) electrons. The van der Waals surface area contributed by atoms with E-state index in [1.54, 1.807) is 35.2 Å². The fourth-order valence-electron chi connectivity index (χ4n) is 2.75. The van der Waals surface area contributed by atoms with E-state index in [0.29, 0.717) is 0 Å². The fraction of sp³-hybridized carbons (Fsp3) is 0.500. The second-order valence-corrected chi connectivity index (χ2v) is 8.21. The number of primary amides is 1. The molecule has 1 heterocycles. The van der Waals surface area contributed by atoms with Gasteiger partial charge in [0, 0.05) is 26.2 Å². The van der Waals surface area contributed by atoms with Crippen molar-refractivity contribution in [3.05, 3.63) is 30.3 Å². The molecule has 8 nitrogen and oxygen atoms in total. The number of nitrogens with one attached hydrogen (secondary N) is 1. The van der Waals surface area contributed by atoms with E-state index >= 15 is 0 Å². The van der Waals surface area contributed by atoms with E-state index in [-0.39, 0.29) is 42.9 Å². The standard InChI is InChI=1S/C16H24N4O4S/c1-12(2)14(18-16(17)22)15(21)19-8-10-20(11-9-19)25(23,24)13-6-4-3-5-7-13/h3-7,12,14H,8-11H2,1-2H3,(H3,17,18,22)/t14-/m0/s1. The summed E-state index contributed by atoms with van der Waals surface area (Å²) < 4.78 is 26.6. The van der Waals surface area contributed by atoms with Crippen molar-refractivity contribution in [2.24, 2.45) is 11.7 Å². The number of piperazine rings is 1. The number of rotatable bonds is 5. The molecule has 0 bridgehead atoms. The van der Waals surface area contributed by atoms with E-state index in [1.807, 2.05) is 13.8 Å². The average molecular weight is 368 g/mol. The molecular weight excluding hydrogens is 344 g/mol. The van der Waals surface area contributed by atoms with Crippen molar-refractivity contribution in [2.45, 2.75) is 24.8 Å². The number of urea groups is 1. The summed E-state index contributed by atoms with van der Waals surface area (Å²) in [6.07, 6.45) is 0. The Morgan fingerprint density at radius 1 is 1.08 bits per heavy atom. The molecule has 1 fully saturated rings. The minimum absolute atomic E-state index is 0.119. The van der Waals surface area contributed by atoms with Crippen LogP contribution in [0.15, 0.2) is 35.2 Å². The molecule has 1 atom stereocenters. The minimum Gasteiger partial charge on any atom is -0.352 e. The third-order valence-electron chi connectivity index (χ3n) is 4.16. The van der Waals surface area contributed by atoms with E-state index in [1.165, 1.54) is 4.31 Å². The Balaban J connectivity index is 2.03. The number of carbonyl (C=O) groups is 2. The first-order valence-corrected chi connectivity index (χ1v) is 9.57. The third kappa shape index (κ3) is 4.49. The number of sulfonamides is 1. The Hall–Kier alpha value is -2.13. The number of nitrogens with two attached hydrogens (primary N) is 1. The van der Waals surface area contributed by atoms with Crippen molar-refractivity contribution >= 4 is 22.0 Å². The summed E-state index contributed by atoms with van der Waals surface area (Å²) in [6.45, 7) is 4.60. The molecule has 0 spiro atoms. The van der Waals surface area contributed by atoms with Gasteiger partial charge in [-0.05, 0) is 18.1 Å². The highest BCUT2D eigenvalue weighted by Gasteiger charge is 2.33. The Kier molecular flexibility index (Phi) is 6.02. The van der Waals surface area contributed by atoms with Gasteiger partial charge >= 0.3 is 6.03 Å². The minimum atomic E-state index is -3.56. The van der Waals surface area contributed by atoms with Crippen LogP contribution in [0.5, 0.6) is 0 Å². The molecule has 9 heteroatoms. The molecule has 1 aromatic rings. The normalized spacial score (nSPS) is 17.3. The fourth-order valence-corrected chi connectivity index (χ4v) is 4.20. The lowest BCUT2D eigenvalue weighted by Gasteiger charge is -2.36. The summed E-state index contributed by atoms with van der Waals surface area (Å²) in [4.78, 5) is 25.5. The van der Waals surface area contributed by atoms with Crippen molar-refractivity contribution in [3.8, 4) is 0 Å². The van der Waals surface area contributed by atoms with Crippen LogP contribution in [0.2, 0.25) is 0 Å². The maximum absolute atomic E-state index is 12.6. The molecule has 1 aliphatic heterocycles. The van der Waals surface area contributed by atoms with Crippen LogP contribution in [0, 0.1) is 5.92 Å². The van der Waals surface area contributed by atoms with Gasteiger partial charge in [-0.15, -0.1) is 0 Å². The highest BCUT2D eigenvalue weighted by molar-refractivity contribution is 7.89. The van der Waals surface area contributed by atoms with Crippen LogP contribution in [0.1, 0.15) is 13.8 Å². The second-order valence-electron chi connectivity index (χ2n) is 6.27. The number of amides is 3. The second kappa shape index (κ2) is 7.83. The SMILES string of the molecule is CC(C)[C@H](NC(N)=O)C(=O)N1CCN(S(=O)(=O)c2ccccc2)CC1. The number of benzene rings is 1. The topological polar surface area (TPSA) is 113 Å². The maximum Gasteiger partial charge on any atom is 0.312 e. The van der Waals surface area contributed by atoms with Gasteiger partial charge in [-0.3, -0.25) is 4.79 Å². The molecule has 3 amide bonds. The molecule has 1 aromatic carbocycles. The molecule has 0 unspecified atom stereocenters. The van der Waals surface area contributed by atoms with Gasteiger partial charge in [-0.2, -0.15) is 4.31 Å². The third-order valence-corrected chi connectivity index (χ3v) is 6.07. The van der Waals surface area contributed by atoms with Crippen molar-refractivity contribution in [1.82, 2.24) is 14.5 Å². The zero-order chi connectivity index (χ0) is 18.6. The maximum atomic E-state index is 12.6. The van der Waals surface area contributed by atoms with Crippen LogP contribution in [0.25, 0.3) is 0 Å². The number of nitrogens with zero attached hydrogens (tertiary/aromatic N) is 2. The first-order chi connectivity index (χ1) is 11.7. The van der Waals surface area contributed by atoms with E-state index in [4.69, 9.17) is 5.73 Å². The molecule has 1 aliphatic rings. The van der Waals surface area contributed by atoms with Crippen molar-refractivity contribution in [1.29, 1.82) is 0 Å². The molecule has 0 saturated carbocycles. The van der Waals surface area contributed by atoms with Gasteiger partial charge in [0.05, 0.1) is 4.90 Å². The summed E-state index contributed by atoms with van der Waals surface area (Å²) >= 11 is 0. The molecule has 3 N–H and O–H groups in total. The first-order valence-electron chi connectivity index (χ1n) is 8.13. The molecular formula is C16H24N4O4S. The quantitative estimate of drug-likeness (QED) is 0.773. The van der Waals surface area contributed by atoms with Gasteiger partial charge in [0.1, 0.15) is 6.04 Å². The molecule has 0 aromatic heterocycles. The van der Waals surface area contributed by atoms with Crippen LogP contribution >= 0.6 is 0 Å². The van der Waals surface area contributed by atoms with Crippen LogP contribution < -0.4 is 11.1 Å². The van der Waals surface area contributed by atoms with Crippen LogP contribution in [-0.4, -0.2) is 61.8 Å². The lowest BCUT2D eigenvalue weighted by atomic mass is 10.0. The van der Waals surface area contributed by atoms with E-state index in [2.05, 4.69) is 5.32 Å². The Morgan fingerprint density at radius 2 is 1.64 bits per heavy atom.